The molecule has 0 aromatic heterocycles. The van der Waals surface area contributed by atoms with Crippen LogP contribution in [0, 0.1) is 5.41 Å². The number of ether oxygens (including phenoxy) is 1. The van der Waals surface area contributed by atoms with Gasteiger partial charge < -0.3 is 10.5 Å². The van der Waals surface area contributed by atoms with Crippen molar-refractivity contribution < 1.29 is 4.74 Å². The number of hydrogen-bond donors (Lipinski definition) is 1. The summed E-state index contributed by atoms with van der Waals surface area (Å²) in [6, 6.07) is 0. The predicted molar refractivity (Wildman–Crippen MR) is 51.1 cm³/mol. The highest BCUT2D eigenvalue weighted by Crippen LogP contribution is 2.37. The van der Waals surface area contributed by atoms with Gasteiger partial charge in [0.1, 0.15) is 0 Å². The first-order valence-corrected chi connectivity index (χ1v) is 5.11. The molecule has 1 fully saturated rings. The van der Waals surface area contributed by atoms with Crippen molar-refractivity contribution in [1.82, 2.24) is 0 Å². The van der Waals surface area contributed by atoms with Crippen LogP contribution >= 0.6 is 0 Å². The standard InChI is InChI=1S/C10H21NO/c1-2-4-10(5-3-7-11)6-8-12-9-10/h2-9,11H2,1H3. The lowest BCUT2D eigenvalue weighted by atomic mass is 9.79. The van der Waals surface area contributed by atoms with E-state index in [-0.39, 0.29) is 0 Å². The van der Waals surface area contributed by atoms with Crippen LogP contribution in [0.15, 0.2) is 0 Å². The first kappa shape index (κ1) is 10.0. The van der Waals surface area contributed by atoms with Gasteiger partial charge in [0.15, 0.2) is 0 Å². The lowest BCUT2D eigenvalue weighted by Crippen LogP contribution is -2.22. The van der Waals surface area contributed by atoms with Crippen LogP contribution in [0.3, 0.4) is 0 Å². The monoisotopic (exact) mass is 171 g/mol. The quantitative estimate of drug-likeness (QED) is 0.686. The molecule has 2 nitrogen and oxygen atoms in total. The Morgan fingerprint density at radius 2 is 2.25 bits per heavy atom. The third-order valence-electron chi connectivity index (χ3n) is 2.88. The smallest absolute Gasteiger partial charge is 0.0523 e. The molecule has 72 valence electrons. The molecular weight excluding hydrogens is 150 g/mol. The molecule has 0 radical (unpaired) electrons. The number of rotatable bonds is 5. The predicted octanol–water partition coefficient (Wildman–Crippen LogP) is 1.93. The maximum absolute atomic E-state index is 5.52. The second-order valence-corrected chi connectivity index (χ2v) is 3.94. The van der Waals surface area contributed by atoms with Crippen molar-refractivity contribution in [1.29, 1.82) is 0 Å². The van der Waals surface area contributed by atoms with Crippen LogP contribution in [0.4, 0.5) is 0 Å². The minimum absolute atomic E-state index is 0.494. The molecule has 1 rings (SSSR count). The molecule has 0 bridgehead atoms. The zero-order valence-corrected chi connectivity index (χ0v) is 8.14. The summed E-state index contributed by atoms with van der Waals surface area (Å²) < 4.78 is 5.47. The molecule has 1 aliphatic heterocycles. The molecule has 1 saturated heterocycles. The second-order valence-electron chi connectivity index (χ2n) is 3.94. The summed E-state index contributed by atoms with van der Waals surface area (Å²) in [5, 5.41) is 0. The van der Waals surface area contributed by atoms with Gasteiger partial charge in [0, 0.05) is 6.61 Å². The van der Waals surface area contributed by atoms with Gasteiger partial charge in [0.05, 0.1) is 6.61 Å². The van der Waals surface area contributed by atoms with E-state index in [9.17, 15) is 0 Å². The molecule has 2 heteroatoms. The van der Waals surface area contributed by atoms with Gasteiger partial charge in [-0.2, -0.15) is 0 Å². The maximum Gasteiger partial charge on any atom is 0.0523 e. The molecule has 12 heavy (non-hydrogen) atoms. The molecule has 2 N–H and O–H groups in total. The maximum atomic E-state index is 5.52. The van der Waals surface area contributed by atoms with Crippen LogP contribution in [-0.2, 0) is 4.74 Å². The Morgan fingerprint density at radius 1 is 1.42 bits per heavy atom. The first-order valence-electron chi connectivity index (χ1n) is 5.11. The van der Waals surface area contributed by atoms with E-state index in [2.05, 4.69) is 6.92 Å². The minimum Gasteiger partial charge on any atom is -0.381 e. The summed E-state index contributed by atoms with van der Waals surface area (Å²) in [6.07, 6.45) is 6.25. The summed E-state index contributed by atoms with van der Waals surface area (Å²) >= 11 is 0. The summed E-state index contributed by atoms with van der Waals surface area (Å²) in [6.45, 7) is 5.01. The zero-order chi connectivity index (χ0) is 8.86. The average Bonchev–Trinajstić information content (AvgIpc) is 2.51. The average molecular weight is 171 g/mol. The lowest BCUT2D eigenvalue weighted by Gasteiger charge is -2.26. The summed E-state index contributed by atoms with van der Waals surface area (Å²) in [4.78, 5) is 0. The van der Waals surface area contributed by atoms with Gasteiger partial charge in [-0.3, -0.25) is 0 Å². The van der Waals surface area contributed by atoms with Crippen LogP contribution in [0.2, 0.25) is 0 Å². The molecule has 1 unspecified atom stereocenters. The van der Waals surface area contributed by atoms with E-state index in [0.29, 0.717) is 5.41 Å². The van der Waals surface area contributed by atoms with Crippen molar-refractivity contribution in [3.63, 3.8) is 0 Å². The summed E-state index contributed by atoms with van der Waals surface area (Å²) in [5.74, 6) is 0. The molecule has 1 aliphatic rings. The van der Waals surface area contributed by atoms with Crippen LogP contribution in [0.5, 0.6) is 0 Å². The summed E-state index contributed by atoms with van der Waals surface area (Å²) in [5.41, 5.74) is 6.02. The van der Waals surface area contributed by atoms with Gasteiger partial charge >= 0.3 is 0 Å². The lowest BCUT2D eigenvalue weighted by molar-refractivity contribution is 0.138. The molecule has 0 aromatic rings. The Hall–Kier alpha value is -0.0800. The molecule has 0 aliphatic carbocycles. The van der Waals surface area contributed by atoms with Gasteiger partial charge in [-0.25, -0.2) is 0 Å². The van der Waals surface area contributed by atoms with Crippen molar-refractivity contribution in [3.8, 4) is 0 Å². The highest BCUT2D eigenvalue weighted by atomic mass is 16.5. The largest absolute Gasteiger partial charge is 0.381 e. The molecule has 1 heterocycles. The highest BCUT2D eigenvalue weighted by Gasteiger charge is 2.32. The first-order chi connectivity index (χ1) is 5.83. The normalized spacial score (nSPS) is 29.5. The van der Waals surface area contributed by atoms with Gasteiger partial charge in [-0.05, 0) is 37.6 Å². The van der Waals surface area contributed by atoms with Gasteiger partial charge in [0.2, 0.25) is 0 Å². The number of hydrogen-bond acceptors (Lipinski definition) is 2. The van der Waals surface area contributed by atoms with E-state index >= 15 is 0 Å². The Labute approximate surface area is 75.5 Å². The van der Waals surface area contributed by atoms with Crippen LogP contribution in [0.1, 0.15) is 39.0 Å². The second kappa shape index (κ2) is 4.83. The van der Waals surface area contributed by atoms with E-state index in [1.54, 1.807) is 0 Å². The topological polar surface area (TPSA) is 35.2 Å². The Bertz CT molecular complexity index is 119. The molecular formula is C10H21NO. The Morgan fingerprint density at radius 3 is 2.75 bits per heavy atom. The van der Waals surface area contributed by atoms with E-state index < -0.39 is 0 Å². The van der Waals surface area contributed by atoms with E-state index in [0.717, 1.165) is 26.2 Å². The fourth-order valence-corrected chi connectivity index (χ4v) is 2.18. The van der Waals surface area contributed by atoms with E-state index in [1.807, 2.05) is 0 Å². The van der Waals surface area contributed by atoms with Gasteiger partial charge in [0.25, 0.3) is 0 Å². The Balaban J connectivity index is 2.35. The molecule has 0 amide bonds. The fourth-order valence-electron chi connectivity index (χ4n) is 2.18. The summed E-state index contributed by atoms with van der Waals surface area (Å²) in [7, 11) is 0. The third kappa shape index (κ3) is 2.46. The van der Waals surface area contributed by atoms with Crippen molar-refractivity contribution in [2.45, 2.75) is 39.0 Å². The van der Waals surface area contributed by atoms with Crippen LogP contribution in [-0.4, -0.2) is 19.8 Å². The van der Waals surface area contributed by atoms with E-state index in [4.69, 9.17) is 10.5 Å². The minimum atomic E-state index is 0.494. The van der Waals surface area contributed by atoms with Gasteiger partial charge in [-0.15, -0.1) is 0 Å². The fraction of sp³-hybridized carbons (Fsp3) is 1.00. The van der Waals surface area contributed by atoms with Crippen molar-refractivity contribution in [2.24, 2.45) is 11.1 Å². The van der Waals surface area contributed by atoms with E-state index in [1.165, 1.54) is 25.7 Å². The molecule has 0 spiro atoms. The van der Waals surface area contributed by atoms with Crippen molar-refractivity contribution >= 4 is 0 Å². The highest BCUT2D eigenvalue weighted by molar-refractivity contribution is 4.82. The molecule has 0 saturated carbocycles. The zero-order valence-electron chi connectivity index (χ0n) is 8.14. The molecule has 1 atom stereocenters. The van der Waals surface area contributed by atoms with Crippen LogP contribution < -0.4 is 5.73 Å². The van der Waals surface area contributed by atoms with Crippen molar-refractivity contribution in [2.75, 3.05) is 19.8 Å². The van der Waals surface area contributed by atoms with Crippen molar-refractivity contribution in [3.05, 3.63) is 0 Å². The third-order valence-corrected chi connectivity index (χ3v) is 2.88. The van der Waals surface area contributed by atoms with Gasteiger partial charge in [-0.1, -0.05) is 13.3 Å². The number of nitrogens with two attached hydrogens (primary N) is 1. The Kier molecular flexibility index (Phi) is 4.02. The molecule has 0 aromatic carbocycles. The van der Waals surface area contributed by atoms with Crippen LogP contribution in [0.25, 0.3) is 0 Å². The SMILES string of the molecule is CCCC1(CCCN)CCOC1.